The molecule has 0 spiro atoms. The number of H-pyrrole nitrogens is 1. The van der Waals surface area contributed by atoms with Gasteiger partial charge in [-0.2, -0.15) is 5.10 Å². The summed E-state index contributed by atoms with van der Waals surface area (Å²) in [6.45, 7) is 0. The fourth-order valence-electron chi connectivity index (χ4n) is 0.960. The van der Waals surface area contributed by atoms with Crippen LogP contribution in [0, 0.1) is 0 Å². The van der Waals surface area contributed by atoms with E-state index < -0.39 is 0 Å². The molecule has 0 radical (unpaired) electrons. The molecule has 0 fully saturated rings. The molecule has 0 atom stereocenters. The summed E-state index contributed by atoms with van der Waals surface area (Å²) in [5.41, 5.74) is 0.231. The minimum atomic E-state index is -0.286. The lowest BCUT2D eigenvalue weighted by atomic mass is 10.3. The summed E-state index contributed by atoms with van der Waals surface area (Å²) >= 11 is 8.69. The third-order valence-electron chi connectivity index (χ3n) is 1.58. The van der Waals surface area contributed by atoms with Crippen molar-refractivity contribution in [1.82, 2.24) is 10.2 Å². The highest BCUT2D eigenvalue weighted by Crippen LogP contribution is 2.23. The number of hydrogen-bond acceptors (Lipinski definition) is 3. The van der Waals surface area contributed by atoms with E-state index in [4.69, 9.17) is 16.0 Å². The summed E-state index contributed by atoms with van der Waals surface area (Å²) in [5.74, 6) is 0.506. The Morgan fingerprint density at radius 3 is 2.86 bits per heavy atom. The van der Waals surface area contributed by atoms with Crippen molar-refractivity contribution in [1.29, 1.82) is 0 Å². The molecule has 0 saturated carbocycles. The molecular weight excluding hydrogens is 271 g/mol. The van der Waals surface area contributed by atoms with Gasteiger partial charge in [0, 0.05) is 0 Å². The average Bonchev–Trinajstić information content (AvgIpc) is 2.57. The minimum Gasteiger partial charge on any atom is -0.443 e. The smallest absolute Gasteiger partial charge is 0.278 e. The number of rotatable bonds is 1. The van der Waals surface area contributed by atoms with Gasteiger partial charge in [-0.15, -0.1) is 0 Å². The topological polar surface area (TPSA) is 58.9 Å². The highest BCUT2D eigenvalue weighted by atomic mass is 79.9. The van der Waals surface area contributed by atoms with Gasteiger partial charge in [-0.25, -0.2) is 5.10 Å². The number of hydrogen-bond donors (Lipinski definition) is 1. The Kier molecular flexibility index (Phi) is 2.43. The van der Waals surface area contributed by atoms with E-state index in [1.165, 1.54) is 0 Å². The first kappa shape index (κ1) is 9.48. The monoisotopic (exact) mass is 274 g/mol. The highest BCUT2D eigenvalue weighted by molar-refractivity contribution is 9.10. The zero-order chi connectivity index (χ0) is 10.1. The second kappa shape index (κ2) is 3.59. The van der Waals surface area contributed by atoms with Crippen LogP contribution in [0.4, 0.5) is 0 Å². The first-order valence-corrected chi connectivity index (χ1v) is 4.85. The number of nitrogens with one attached hydrogen (secondary N) is 1. The van der Waals surface area contributed by atoms with E-state index in [9.17, 15) is 4.79 Å². The number of nitrogens with zero attached hydrogens (tertiary/aromatic N) is 1. The van der Waals surface area contributed by atoms with E-state index >= 15 is 0 Å². The summed E-state index contributed by atoms with van der Waals surface area (Å²) in [4.78, 5) is 11.0. The lowest BCUT2D eigenvalue weighted by Gasteiger charge is -1.94. The van der Waals surface area contributed by atoms with Crippen molar-refractivity contribution >= 4 is 27.5 Å². The van der Waals surface area contributed by atoms with Gasteiger partial charge in [0.25, 0.3) is 5.56 Å². The maximum atomic E-state index is 11.0. The van der Waals surface area contributed by atoms with Gasteiger partial charge in [-0.3, -0.25) is 4.79 Å². The van der Waals surface area contributed by atoms with Gasteiger partial charge < -0.3 is 4.42 Å². The van der Waals surface area contributed by atoms with E-state index in [1.807, 2.05) is 0 Å². The van der Waals surface area contributed by atoms with Gasteiger partial charge in [0.05, 0.1) is 4.47 Å². The van der Waals surface area contributed by atoms with Crippen LogP contribution in [0.5, 0.6) is 0 Å². The molecule has 0 aliphatic heterocycles. The number of aromatic amines is 1. The van der Waals surface area contributed by atoms with Crippen molar-refractivity contribution in [2.24, 2.45) is 0 Å². The zero-order valence-electron chi connectivity index (χ0n) is 6.75. The van der Waals surface area contributed by atoms with E-state index in [0.29, 0.717) is 15.9 Å². The first-order valence-electron chi connectivity index (χ1n) is 3.68. The number of halogens is 2. The number of aromatic nitrogens is 2. The van der Waals surface area contributed by atoms with Crippen LogP contribution in [0.15, 0.2) is 31.9 Å². The van der Waals surface area contributed by atoms with Crippen LogP contribution in [-0.2, 0) is 0 Å². The molecule has 0 amide bonds. The molecule has 0 bridgehead atoms. The van der Waals surface area contributed by atoms with Gasteiger partial charge >= 0.3 is 0 Å². The molecule has 2 aromatic heterocycles. The first-order chi connectivity index (χ1) is 6.66. The van der Waals surface area contributed by atoms with Crippen molar-refractivity contribution in [3.05, 3.63) is 38.2 Å². The Hall–Kier alpha value is -1.07. The fraction of sp³-hybridized carbons (Fsp3) is 0. The van der Waals surface area contributed by atoms with E-state index in [-0.39, 0.29) is 10.8 Å². The predicted molar refractivity (Wildman–Crippen MR) is 55.3 cm³/mol. The molecule has 0 aliphatic rings. The van der Waals surface area contributed by atoms with Crippen LogP contribution in [-0.4, -0.2) is 10.2 Å². The molecule has 2 rings (SSSR count). The molecule has 14 heavy (non-hydrogen) atoms. The van der Waals surface area contributed by atoms with Gasteiger partial charge in [-0.05, 0) is 45.7 Å². The minimum absolute atomic E-state index is 0.282. The highest BCUT2D eigenvalue weighted by Gasteiger charge is 2.06. The molecule has 4 nitrogen and oxygen atoms in total. The van der Waals surface area contributed by atoms with Crippen molar-refractivity contribution in [3.63, 3.8) is 0 Å². The molecule has 6 heteroatoms. The third-order valence-corrected chi connectivity index (χ3v) is 2.38. The van der Waals surface area contributed by atoms with Gasteiger partial charge in [-0.1, -0.05) is 0 Å². The summed E-state index contributed by atoms with van der Waals surface area (Å²) in [6, 6.07) is 4.85. The lowest BCUT2D eigenvalue weighted by Crippen LogP contribution is -2.08. The van der Waals surface area contributed by atoms with Crippen LogP contribution in [0.25, 0.3) is 11.5 Å². The summed E-state index contributed by atoms with van der Waals surface area (Å²) < 4.78 is 5.52. The normalized spacial score (nSPS) is 10.4. The molecule has 0 aliphatic carbocycles. The van der Waals surface area contributed by atoms with Crippen LogP contribution in [0.1, 0.15) is 0 Å². The molecule has 72 valence electrons. The van der Waals surface area contributed by atoms with E-state index in [1.54, 1.807) is 18.2 Å². The Balaban J connectivity index is 2.52. The molecule has 0 saturated heterocycles. The average molecular weight is 275 g/mol. The van der Waals surface area contributed by atoms with Crippen molar-refractivity contribution in [2.45, 2.75) is 0 Å². The van der Waals surface area contributed by atoms with Crippen LogP contribution in [0.3, 0.4) is 0 Å². The number of furan rings is 1. The van der Waals surface area contributed by atoms with Gasteiger partial charge in [0.1, 0.15) is 5.69 Å². The lowest BCUT2D eigenvalue weighted by molar-refractivity contribution is 0.580. The zero-order valence-corrected chi connectivity index (χ0v) is 9.09. The largest absolute Gasteiger partial charge is 0.443 e. The standard InChI is InChI=1S/C8H4BrClN2O2/c9-4-3-5(11-12-8(4)13)6-1-2-7(10)14-6/h1-3H,(H,12,13). The van der Waals surface area contributed by atoms with E-state index in [0.717, 1.165) is 0 Å². The summed E-state index contributed by atoms with van der Waals surface area (Å²) in [5, 5.41) is 6.40. The summed E-state index contributed by atoms with van der Waals surface area (Å²) in [7, 11) is 0. The fourth-order valence-corrected chi connectivity index (χ4v) is 1.41. The molecule has 2 heterocycles. The second-order valence-corrected chi connectivity index (χ2v) is 3.76. The maximum absolute atomic E-state index is 11.0. The third kappa shape index (κ3) is 1.73. The SMILES string of the molecule is O=c1[nH]nc(-c2ccc(Cl)o2)cc1Br. The van der Waals surface area contributed by atoms with Crippen LogP contribution >= 0.6 is 27.5 Å². The molecular formula is C8H4BrClN2O2. The molecule has 2 aromatic rings. The van der Waals surface area contributed by atoms with Crippen molar-refractivity contribution < 1.29 is 4.42 Å². The summed E-state index contributed by atoms with van der Waals surface area (Å²) in [6.07, 6.45) is 0. The van der Waals surface area contributed by atoms with Crippen LogP contribution < -0.4 is 5.56 Å². The quantitative estimate of drug-likeness (QED) is 0.869. The molecule has 0 unspecified atom stereocenters. The Morgan fingerprint density at radius 1 is 1.50 bits per heavy atom. The van der Waals surface area contributed by atoms with E-state index in [2.05, 4.69) is 26.1 Å². The Morgan fingerprint density at radius 2 is 2.29 bits per heavy atom. The van der Waals surface area contributed by atoms with Gasteiger partial charge in [0.15, 0.2) is 11.0 Å². The second-order valence-electron chi connectivity index (χ2n) is 2.53. The Bertz CT molecular complexity index is 520. The van der Waals surface area contributed by atoms with Crippen molar-refractivity contribution in [2.75, 3.05) is 0 Å². The van der Waals surface area contributed by atoms with Crippen LogP contribution in [0.2, 0.25) is 5.22 Å². The van der Waals surface area contributed by atoms with Crippen molar-refractivity contribution in [3.8, 4) is 11.5 Å². The molecule has 1 N–H and O–H groups in total. The van der Waals surface area contributed by atoms with Gasteiger partial charge in [0.2, 0.25) is 0 Å². The Labute approximate surface area is 92.0 Å². The maximum Gasteiger partial charge on any atom is 0.278 e. The predicted octanol–water partition coefficient (Wildman–Crippen LogP) is 2.45. The molecule has 0 aromatic carbocycles.